The van der Waals surface area contributed by atoms with Gasteiger partial charge in [0.05, 0.1) is 0 Å². The molecule has 1 unspecified atom stereocenters. The van der Waals surface area contributed by atoms with Gasteiger partial charge in [0.25, 0.3) is 0 Å². The minimum Gasteiger partial charge on any atom is -0.396 e. The maximum Gasteiger partial charge on any atom is 0.250 e. The number of hydrogen-bond donors (Lipinski definition) is 2. The summed E-state index contributed by atoms with van der Waals surface area (Å²) in [6, 6.07) is 3.39. The van der Waals surface area contributed by atoms with Gasteiger partial charge in [0.1, 0.15) is 4.21 Å². The third-order valence-corrected chi connectivity index (χ3v) is 6.13. The molecule has 0 bridgehead atoms. The molecule has 1 heterocycles. The van der Waals surface area contributed by atoms with Crippen LogP contribution in [0, 0.1) is 5.92 Å². The lowest BCUT2D eigenvalue weighted by molar-refractivity contribution is 0.300. The molecular weight excluding hydrogens is 258 g/mol. The van der Waals surface area contributed by atoms with Gasteiger partial charge in [-0.3, -0.25) is 0 Å². The molecule has 2 rings (SSSR count). The summed E-state index contributed by atoms with van der Waals surface area (Å²) in [7, 11) is -3.38. The number of aliphatic hydroxyl groups is 1. The zero-order valence-corrected chi connectivity index (χ0v) is 11.4. The van der Waals surface area contributed by atoms with Crippen LogP contribution in [0.4, 0.5) is 0 Å². The molecule has 1 saturated carbocycles. The van der Waals surface area contributed by atoms with E-state index in [1.165, 1.54) is 11.3 Å². The number of aliphatic hydroxyl groups excluding tert-OH is 1. The van der Waals surface area contributed by atoms with Gasteiger partial charge in [-0.15, -0.1) is 11.3 Å². The highest BCUT2D eigenvalue weighted by Gasteiger charge is 2.31. The number of thiophene rings is 1. The molecule has 17 heavy (non-hydrogen) atoms. The summed E-state index contributed by atoms with van der Waals surface area (Å²) in [5.41, 5.74) is 0. The first-order valence-electron chi connectivity index (χ1n) is 5.75. The van der Waals surface area contributed by atoms with E-state index in [2.05, 4.69) is 4.72 Å². The van der Waals surface area contributed by atoms with Crippen molar-refractivity contribution in [2.45, 2.75) is 36.4 Å². The first-order chi connectivity index (χ1) is 8.03. The minimum absolute atomic E-state index is 0.0170. The molecular formula is C11H17NO3S2. The van der Waals surface area contributed by atoms with E-state index in [-0.39, 0.29) is 12.6 Å². The molecule has 0 amide bonds. The number of hydrogen-bond acceptors (Lipinski definition) is 4. The summed E-state index contributed by atoms with van der Waals surface area (Å²) in [5.74, 6) is 0.502. The second kappa shape index (κ2) is 5.06. The SMILES string of the molecule is CC(NS(=O)(=O)c1ccc(CCO)s1)C1CC1. The fourth-order valence-electron chi connectivity index (χ4n) is 1.74. The smallest absolute Gasteiger partial charge is 0.250 e. The Kier molecular flexibility index (Phi) is 3.87. The number of sulfonamides is 1. The van der Waals surface area contributed by atoms with E-state index in [0.717, 1.165) is 17.7 Å². The molecule has 6 heteroatoms. The average Bonchev–Trinajstić information content (AvgIpc) is 2.99. The third-order valence-electron chi connectivity index (χ3n) is 2.93. The van der Waals surface area contributed by atoms with E-state index in [4.69, 9.17) is 5.11 Å². The van der Waals surface area contributed by atoms with Gasteiger partial charge in [-0.1, -0.05) is 0 Å². The zero-order chi connectivity index (χ0) is 12.5. The largest absolute Gasteiger partial charge is 0.396 e. The molecule has 1 aliphatic rings. The van der Waals surface area contributed by atoms with Crippen molar-refractivity contribution in [3.8, 4) is 0 Å². The lowest BCUT2D eigenvalue weighted by atomic mass is 10.2. The molecule has 1 aromatic rings. The van der Waals surface area contributed by atoms with Gasteiger partial charge < -0.3 is 5.11 Å². The zero-order valence-electron chi connectivity index (χ0n) is 9.72. The molecule has 0 saturated heterocycles. The first kappa shape index (κ1) is 13.0. The third kappa shape index (κ3) is 3.28. The van der Waals surface area contributed by atoms with Crippen LogP contribution in [0.5, 0.6) is 0 Å². The van der Waals surface area contributed by atoms with Crippen LogP contribution in [-0.4, -0.2) is 26.2 Å². The molecule has 1 aromatic heterocycles. The Morgan fingerprint density at radius 1 is 1.53 bits per heavy atom. The summed E-state index contributed by atoms with van der Waals surface area (Å²) >= 11 is 1.23. The number of nitrogens with one attached hydrogen (secondary N) is 1. The lowest BCUT2D eigenvalue weighted by Gasteiger charge is -2.11. The van der Waals surface area contributed by atoms with Gasteiger partial charge in [-0.2, -0.15) is 0 Å². The van der Waals surface area contributed by atoms with Crippen molar-refractivity contribution in [3.05, 3.63) is 17.0 Å². The van der Waals surface area contributed by atoms with Gasteiger partial charge in [-0.25, -0.2) is 13.1 Å². The van der Waals surface area contributed by atoms with Crippen molar-refractivity contribution in [1.82, 2.24) is 4.72 Å². The van der Waals surface area contributed by atoms with Crippen LogP contribution in [0.3, 0.4) is 0 Å². The van der Waals surface area contributed by atoms with Crippen molar-refractivity contribution in [2.75, 3.05) is 6.61 Å². The van der Waals surface area contributed by atoms with Gasteiger partial charge in [0.15, 0.2) is 0 Å². The van der Waals surface area contributed by atoms with Crippen molar-refractivity contribution in [2.24, 2.45) is 5.92 Å². The highest BCUT2D eigenvalue weighted by Crippen LogP contribution is 2.33. The van der Waals surface area contributed by atoms with E-state index in [0.29, 0.717) is 16.5 Å². The molecule has 2 N–H and O–H groups in total. The monoisotopic (exact) mass is 275 g/mol. The van der Waals surface area contributed by atoms with Gasteiger partial charge in [-0.05, 0) is 37.8 Å². The van der Waals surface area contributed by atoms with E-state index in [9.17, 15) is 8.42 Å². The summed E-state index contributed by atoms with van der Waals surface area (Å²) in [5, 5.41) is 8.80. The predicted octanol–water partition coefficient (Wildman–Crippen LogP) is 1.36. The van der Waals surface area contributed by atoms with Crippen molar-refractivity contribution in [3.63, 3.8) is 0 Å². The second-order valence-corrected chi connectivity index (χ2v) is 7.55. The van der Waals surface area contributed by atoms with E-state index >= 15 is 0 Å². The fraction of sp³-hybridized carbons (Fsp3) is 0.636. The van der Waals surface area contributed by atoms with E-state index in [1.807, 2.05) is 6.92 Å². The highest BCUT2D eigenvalue weighted by atomic mass is 32.2. The summed E-state index contributed by atoms with van der Waals surface area (Å²) in [4.78, 5) is 0.895. The van der Waals surface area contributed by atoms with Crippen LogP contribution in [0.15, 0.2) is 16.3 Å². The van der Waals surface area contributed by atoms with Crippen molar-refractivity contribution in [1.29, 1.82) is 0 Å². The van der Waals surface area contributed by atoms with Crippen LogP contribution in [-0.2, 0) is 16.4 Å². The van der Waals surface area contributed by atoms with Crippen LogP contribution in [0.2, 0.25) is 0 Å². The fourth-order valence-corrected chi connectivity index (χ4v) is 4.42. The highest BCUT2D eigenvalue weighted by molar-refractivity contribution is 7.91. The maximum atomic E-state index is 12.0. The summed E-state index contributed by atoms with van der Waals surface area (Å²) in [6.45, 7) is 1.96. The Balaban J connectivity index is 2.07. The quantitative estimate of drug-likeness (QED) is 0.824. The van der Waals surface area contributed by atoms with Gasteiger partial charge in [0.2, 0.25) is 10.0 Å². The van der Waals surface area contributed by atoms with Crippen molar-refractivity contribution >= 4 is 21.4 Å². The molecule has 0 spiro atoms. The van der Waals surface area contributed by atoms with Gasteiger partial charge >= 0.3 is 0 Å². The minimum atomic E-state index is -3.38. The molecule has 96 valence electrons. The van der Waals surface area contributed by atoms with Crippen LogP contribution < -0.4 is 4.72 Å². The van der Waals surface area contributed by atoms with E-state index in [1.54, 1.807) is 12.1 Å². The Morgan fingerprint density at radius 3 is 2.82 bits per heavy atom. The van der Waals surface area contributed by atoms with Crippen molar-refractivity contribution < 1.29 is 13.5 Å². The molecule has 0 radical (unpaired) electrons. The average molecular weight is 275 g/mol. The summed E-state index contributed by atoms with van der Waals surface area (Å²) < 4.78 is 27.1. The van der Waals surface area contributed by atoms with Crippen LogP contribution in [0.1, 0.15) is 24.6 Å². The van der Waals surface area contributed by atoms with Crippen LogP contribution >= 0.6 is 11.3 Å². The Hall–Kier alpha value is -0.430. The molecule has 1 fully saturated rings. The second-order valence-electron chi connectivity index (χ2n) is 4.44. The van der Waals surface area contributed by atoms with E-state index < -0.39 is 10.0 Å². The summed E-state index contributed by atoms with van der Waals surface area (Å²) in [6.07, 6.45) is 2.74. The lowest BCUT2D eigenvalue weighted by Crippen LogP contribution is -2.33. The molecule has 1 atom stereocenters. The predicted molar refractivity (Wildman–Crippen MR) is 67.6 cm³/mol. The Bertz CT molecular complexity index is 477. The maximum absolute atomic E-state index is 12.0. The molecule has 0 aliphatic heterocycles. The van der Waals surface area contributed by atoms with Crippen LogP contribution in [0.25, 0.3) is 0 Å². The Morgan fingerprint density at radius 2 is 2.24 bits per heavy atom. The molecule has 1 aliphatic carbocycles. The topological polar surface area (TPSA) is 66.4 Å². The standard InChI is InChI=1S/C11H17NO3S2/c1-8(9-2-3-9)12-17(14,15)11-5-4-10(16-11)6-7-13/h4-5,8-9,12-13H,2-3,6-7H2,1H3. The normalized spacial score (nSPS) is 18.2. The molecule has 4 nitrogen and oxygen atoms in total. The first-order valence-corrected chi connectivity index (χ1v) is 8.05. The molecule has 0 aromatic carbocycles. The number of rotatable bonds is 6. The van der Waals surface area contributed by atoms with Gasteiger partial charge in [0, 0.05) is 23.9 Å². The Labute approximate surface area is 106 Å².